The number of rotatable bonds is 22. The molecule has 1 saturated heterocycles. The number of imidazole rings is 1. The summed E-state index contributed by atoms with van der Waals surface area (Å²) in [4.78, 5) is 87.9. The van der Waals surface area contributed by atoms with Gasteiger partial charge in [-0.2, -0.15) is 4.31 Å². The number of hydrogen-bond donors (Lipinski definition) is 10. The molecule has 3 unspecified atom stereocenters. The monoisotopic (exact) mass is 943 g/mol. The summed E-state index contributed by atoms with van der Waals surface area (Å²) in [7, 11) is -15.0. The first-order valence-electron chi connectivity index (χ1n) is 17.5. The van der Waals surface area contributed by atoms with Crippen LogP contribution in [-0.2, 0) is 50.7 Å². The zero-order valence-corrected chi connectivity index (χ0v) is 35.8. The van der Waals surface area contributed by atoms with E-state index in [4.69, 9.17) is 24.3 Å². The third kappa shape index (κ3) is 14.6. The van der Waals surface area contributed by atoms with Crippen LogP contribution in [0.15, 0.2) is 36.9 Å². The molecule has 61 heavy (non-hydrogen) atoms. The van der Waals surface area contributed by atoms with E-state index < -0.39 is 84.6 Å². The van der Waals surface area contributed by atoms with Gasteiger partial charge in [-0.05, 0) is 23.8 Å². The van der Waals surface area contributed by atoms with Gasteiger partial charge in [0, 0.05) is 30.7 Å². The van der Waals surface area contributed by atoms with E-state index >= 15 is 0 Å². The van der Waals surface area contributed by atoms with Crippen molar-refractivity contribution >= 4 is 75.2 Å². The van der Waals surface area contributed by atoms with Crippen molar-refractivity contribution in [2.45, 2.75) is 50.9 Å². The molecule has 0 radical (unpaired) electrons. The summed E-state index contributed by atoms with van der Waals surface area (Å²) in [5.41, 5.74) is 4.79. The van der Waals surface area contributed by atoms with Gasteiger partial charge >= 0.3 is 23.5 Å². The lowest BCUT2D eigenvalue weighted by atomic mass is 9.87. The number of hydrogen-bond acceptors (Lipinski definition) is 20. The van der Waals surface area contributed by atoms with E-state index in [1.807, 2.05) is 0 Å². The molecule has 0 saturated carbocycles. The molecule has 4 rings (SSSR count). The van der Waals surface area contributed by atoms with Crippen LogP contribution in [0.1, 0.15) is 32.1 Å². The highest BCUT2D eigenvalue weighted by atomic mass is 32.2. The Bertz CT molecular complexity index is 2230. The zero-order chi connectivity index (χ0) is 45.3. The molecule has 2 aromatic heterocycles. The van der Waals surface area contributed by atoms with Crippen molar-refractivity contribution in [3.8, 4) is 11.5 Å². The molecule has 11 N–H and O–H groups in total. The molecule has 1 fully saturated rings. The number of thioether (sulfide) groups is 1. The number of phenols is 1. The normalized spacial score (nSPS) is 20.9. The highest BCUT2D eigenvalue weighted by molar-refractivity contribution is 8.14. The minimum atomic E-state index is -5.59. The van der Waals surface area contributed by atoms with Crippen molar-refractivity contribution in [1.82, 2.24) is 30.2 Å². The number of nitrogens with one attached hydrogen (secondary N) is 2. The Morgan fingerprint density at radius 3 is 2.44 bits per heavy atom. The second-order valence-electron chi connectivity index (χ2n) is 13.5. The fourth-order valence-electron chi connectivity index (χ4n) is 5.30. The number of phenolic OH excluding ortho intramolecular Hbond substituents is 1. The molecule has 338 valence electrons. The minimum absolute atomic E-state index is 0.0222. The molecule has 3 aromatic rings. The third-order valence-corrected chi connectivity index (χ3v) is 12.3. The lowest BCUT2D eigenvalue weighted by Gasteiger charge is -2.30. The number of methoxy groups -OCH3 is 1. The van der Waals surface area contributed by atoms with Gasteiger partial charge in [0.2, 0.25) is 16.9 Å². The van der Waals surface area contributed by atoms with E-state index in [1.54, 1.807) is 12.1 Å². The van der Waals surface area contributed by atoms with Crippen molar-refractivity contribution < 1.29 is 90.3 Å². The van der Waals surface area contributed by atoms with Gasteiger partial charge in [-0.25, -0.2) is 28.6 Å². The summed E-state index contributed by atoms with van der Waals surface area (Å²) in [6, 6.07) is 4.61. The maximum Gasteiger partial charge on any atom is 0.481 e. The summed E-state index contributed by atoms with van der Waals surface area (Å²) in [6.45, 7) is 0.292. The molecule has 1 aromatic carbocycles. The van der Waals surface area contributed by atoms with Crippen molar-refractivity contribution in [3.05, 3.63) is 42.5 Å². The first-order valence-corrected chi connectivity index (χ1v) is 23.0. The smallest absolute Gasteiger partial charge is 0.481 e. The van der Waals surface area contributed by atoms with Gasteiger partial charge in [0.1, 0.15) is 36.3 Å². The molecular weight excluding hydrogens is 899 g/mol. The number of carbonyl (C=O) groups excluding carboxylic acids is 3. The van der Waals surface area contributed by atoms with E-state index in [2.05, 4.69) is 34.4 Å². The summed E-state index contributed by atoms with van der Waals surface area (Å²) in [5.74, 6) is -1.12. The average Bonchev–Trinajstić information content (AvgIpc) is 3.73. The molecule has 0 spiro atoms. The number of phosphoric acid groups is 3. The number of fused-ring (bicyclic) bond motifs is 1. The quantitative estimate of drug-likeness (QED) is 0.0362. The van der Waals surface area contributed by atoms with Crippen LogP contribution in [0.3, 0.4) is 0 Å². The third-order valence-electron chi connectivity index (χ3n) is 8.36. The number of aliphatic hydroxyl groups is 2. The molecule has 26 nitrogen and oxygen atoms in total. The van der Waals surface area contributed by atoms with Crippen LogP contribution in [0.2, 0.25) is 0 Å². The Labute approximate surface area is 350 Å². The maximum absolute atomic E-state index is 12.7. The Balaban J connectivity index is 1.20. The van der Waals surface area contributed by atoms with Crippen LogP contribution in [0.4, 0.5) is 5.82 Å². The molecule has 2 amide bonds. The number of nitrogens with two attached hydrogens (primary N) is 1. The maximum atomic E-state index is 12.7. The van der Waals surface area contributed by atoms with Gasteiger partial charge in [-0.1, -0.05) is 37.8 Å². The number of phosphoric ester groups is 3. The number of aliphatic hydroxyl groups excluding tert-OH is 2. The summed E-state index contributed by atoms with van der Waals surface area (Å²) in [6.07, 6.45) is -4.25. The Kier molecular flexibility index (Phi) is 17.1. The van der Waals surface area contributed by atoms with Crippen molar-refractivity contribution in [2.75, 3.05) is 44.9 Å². The highest BCUT2D eigenvalue weighted by Crippen LogP contribution is 2.61. The van der Waals surface area contributed by atoms with Crippen LogP contribution in [-0.4, -0.2) is 135 Å². The molecule has 1 aliphatic heterocycles. The van der Waals surface area contributed by atoms with Gasteiger partial charge in [0.15, 0.2) is 29.2 Å². The lowest BCUT2D eigenvalue weighted by molar-refractivity contribution is -0.137. The van der Waals surface area contributed by atoms with Crippen LogP contribution >= 0.6 is 35.2 Å². The van der Waals surface area contributed by atoms with E-state index in [0.29, 0.717) is 5.56 Å². The summed E-state index contributed by atoms with van der Waals surface area (Å²) in [5, 5.41) is 35.9. The molecule has 3 heterocycles. The number of ether oxygens (including phenoxy) is 2. The number of carbonyl (C=O) groups is 3. The Hall–Kier alpha value is -3.88. The van der Waals surface area contributed by atoms with Gasteiger partial charge in [-0.3, -0.25) is 32.5 Å². The fourth-order valence-corrected chi connectivity index (χ4v) is 8.70. The second kappa shape index (κ2) is 21.0. The van der Waals surface area contributed by atoms with E-state index in [-0.39, 0.29) is 58.9 Å². The van der Waals surface area contributed by atoms with Gasteiger partial charge < -0.3 is 60.7 Å². The first kappa shape index (κ1) is 49.8. The van der Waals surface area contributed by atoms with Crippen molar-refractivity contribution in [1.29, 1.82) is 0 Å². The van der Waals surface area contributed by atoms with E-state index in [1.165, 1.54) is 39.2 Å². The number of nitrogens with zero attached hydrogens (tertiary/aromatic N) is 4. The van der Waals surface area contributed by atoms with Crippen LogP contribution in [0.25, 0.3) is 17.2 Å². The van der Waals surface area contributed by atoms with Crippen LogP contribution < -0.4 is 21.1 Å². The van der Waals surface area contributed by atoms with Gasteiger partial charge in [0.05, 0.1) is 26.7 Å². The van der Waals surface area contributed by atoms with Crippen LogP contribution in [0, 0.1) is 5.41 Å². The molecule has 1 aliphatic rings. The number of aromatic nitrogens is 4. The molecule has 30 heteroatoms. The van der Waals surface area contributed by atoms with Crippen molar-refractivity contribution in [3.63, 3.8) is 0 Å². The predicted molar refractivity (Wildman–Crippen MR) is 211 cm³/mol. The number of nitrogen functional groups attached to an aromatic ring is 1. The average molecular weight is 944 g/mol. The molecule has 0 aliphatic carbocycles. The summed E-state index contributed by atoms with van der Waals surface area (Å²) >= 11 is 0.927. The zero-order valence-electron chi connectivity index (χ0n) is 32.3. The number of amides is 2. The highest BCUT2D eigenvalue weighted by Gasteiger charge is 2.50. The predicted octanol–water partition coefficient (Wildman–Crippen LogP) is 0.0923. The minimum Gasteiger partial charge on any atom is -0.504 e. The SMILES string of the molecule is COc1ccc(/C=C/C(=O)SCCNC(=O)CCNC(=O)C(O)C(C)(C)COP(=O)(O)OP(=O)(O)OC[C@H]2O[C@@H](n3cnc4c(N)ncnc43)[C@H](O)[C@@H]2OP(=O)(O)O)cc1O. The van der Waals surface area contributed by atoms with Gasteiger partial charge in [0.25, 0.3) is 0 Å². The number of benzene rings is 1. The van der Waals surface area contributed by atoms with Crippen LogP contribution in [0.5, 0.6) is 11.5 Å². The molecular formula is C31H44N7O19P3S. The number of aromatic hydroxyl groups is 1. The summed E-state index contributed by atoms with van der Waals surface area (Å²) < 4.78 is 67.1. The molecule has 0 bridgehead atoms. The second-order valence-corrected chi connectivity index (χ2v) is 18.8. The number of anilines is 1. The van der Waals surface area contributed by atoms with E-state index in [9.17, 15) is 63.0 Å². The topological polar surface area (TPSA) is 393 Å². The van der Waals surface area contributed by atoms with Gasteiger partial charge in [-0.15, -0.1) is 0 Å². The largest absolute Gasteiger partial charge is 0.504 e. The molecule has 7 atom stereocenters. The first-order chi connectivity index (χ1) is 28.4. The van der Waals surface area contributed by atoms with E-state index in [0.717, 1.165) is 29.0 Å². The Morgan fingerprint density at radius 1 is 1.07 bits per heavy atom. The Morgan fingerprint density at radius 2 is 1.77 bits per heavy atom. The standard InChI is InChI=1S/C31H44N7O19P3S/c1-31(2,26(43)29(44)34-9-8-21(40)33-10-11-61-22(41)7-5-17-4-6-19(52-3)18(39)12-17)14-54-60(50,51)57-59(48,49)53-13-20-25(56-58(45,46)47)24(42)30(55-20)38-16-37-23-27(32)35-15-36-28(23)38/h4-7,12,15-16,20,24-26,30,39,42-43H,8-11,13-14H2,1-3H3,(H,33,40)(H,34,44)(H,48,49)(H,50,51)(H2,32,35,36)(H2,45,46,47)/b7-5+/t20-,24-,25-,26?,30-/m1/s1. The lowest BCUT2D eigenvalue weighted by Crippen LogP contribution is -2.46. The fraction of sp³-hybridized carbons (Fsp3) is 0.484. The van der Waals surface area contributed by atoms with Crippen molar-refractivity contribution in [2.24, 2.45) is 5.41 Å².